The minimum absolute atomic E-state index is 0.0556. The predicted molar refractivity (Wildman–Crippen MR) is 92.5 cm³/mol. The topological polar surface area (TPSA) is 86.5 Å². The Morgan fingerprint density at radius 2 is 2.00 bits per heavy atom. The molecule has 7 nitrogen and oxygen atoms in total. The Kier molecular flexibility index (Phi) is 3.69. The van der Waals surface area contributed by atoms with Crippen LogP contribution in [0.1, 0.15) is 15.4 Å². The van der Waals surface area contributed by atoms with E-state index in [1.807, 2.05) is 12.1 Å². The number of carboxylic acids is 1. The molecule has 3 heterocycles. The third-order valence-corrected chi connectivity index (χ3v) is 5.24. The first-order valence-electron chi connectivity index (χ1n) is 7.62. The van der Waals surface area contributed by atoms with Crippen molar-refractivity contribution < 1.29 is 19.4 Å². The van der Waals surface area contributed by atoms with Crippen LogP contribution in [0.5, 0.6) is 11.5 Å². The molecule has 0 amide bonds. The Morgan fingerprint density at radius 1 is 1.24 bits per heavy atom. The molecule has 0 aliphatic carbocycles. The predicted octanol–water partition coefficient (Wildman–Crippen LogP) is 2.95. The van der Waals surface area contributed by atoms with E-state index in [9.17, 15) is 4.79 Å². The smallest absolute Gasteiger partial charge is 0.365 e. The molecular weight excluding hydrogens is 342 g/mol. The highest BCUT2D eigenvalue weighted by Crippen LogP contribution is 2.42. The molecule has 0 saturated carbocycles. The van der Waals surface area contributed by atoms with Crippen molar-refractivity contribution in [3.05, 3.63) is 35.2 Å². The summed E-state index contributed by atoms with van der Waals surface area (Å²) in [5.74, 6) is 0.315. The number of ether oxygens (including phenoxy) is 2. The van der Waals surface area contributed by atoms with Crippen LogP contribution < -0.4 is 9.47 Å². The van der Waals surface area contributed by atoms with E-state index in [1.165, 1.54) is 0 Å². The van der Waals surface area contributed by atoms with Crippen LogP contribution in [0.25, 0.3) is 21.8 Å². The van der Waals surface area contributed by atoms with Gasteiger partial charge in [-0.05, 0) is 24.1 Å². The van der Waals surface area contributed by atoms with Crippen LogP contribution in [0.3, 0.4) is 0 Å². The van der Waals surface area contributed by atoms with Gasteiger partial charge in [-0.2, -0.15) is 0 Å². The number of aromatic carboxylic acids is 1. The Bertz CT molecular complexity index is 976. The number of hydrogen-bond donors (Lipinski definition) is 1. The number of benzene rings is 1. The van der Waals surface area contributed by atoms with Crippen LogP contribution in [0.15, 0.2) is 24.7 Å². The average Bonchev–Trinajstić information content (AvgIpc) is 3.26. The highest BCUT2D eigenvalue weighted by Gasteiger charge is 2.25. The van der Waals surface area contributed by atoms with Crippen molar-refractivity contribution in [1.82, 2.24) is 14.5 Å². The summed E-state index contributed by atoms with van der Waals surface area (Å²) < 4.78 is 12.9. The molecule has 0 unspecified atom stereocenters. The molecule has 0 bridgehead atoms. The maximum absolute atomic E-state index is 11.1. The van der Waals surface area contributed by atoms with E-state index in [0.717, 1.165) is 51.7 Å². The van der Waals surface area contributed by atoms with Crippen molar-refractivity contribution in [2.45, 2.75) is 13.0 Å². The van der Waals surface area contributed by atoms with Crippen molar-refractivity contribution in [2.75, 3.05) is 14.2 Å². The third-order valence-electron chi connectivity index (χ3n) is 4.25. The molecule has 4 rings (SSSR count). The number of hydrogen-bond acceptors (Lipinski definition) is 6. The van der Waals surface area contributed by atoms with Crippen LogP contribution in [-0.4, -0.2) is 39.8 Å². The van der Waals surface area contributed by atoms with Crippen molar-refractivity contribution >= 4 is 17.3 Å². The van der Waals surface area contributed by atoms with E-state index >= 15 is 0 Å². The molecule has 128 valence electrons. The molecule has 1 aromatic carbocycles. The Labute approximate surface area is 147 Å². The second-order valence-corrected chi connectivity index (χ2v) is 6.61. The van der Waals surface area contributed by atoms with Crippen LogP contribution in [-0.2, 0) is 13.0 Å². The second kappa shape index (κ2) is 5.89. The summed E-state index contributed by atoms with van der Waals surface area (Å²) in [5, 5.41) is 9.17. The summed E-state index contributed by atoms with van der Waals surface area (Å²) in [4.78, 5) is 20.3. The van der Waals surface area contributed by atoms with Crippen LogP contribution in [0.4, 0.5) is 0 Å². The summed E-state index contributed by atoms with van der Waals surface area (Å²) in [7, 11) is 3.22. The van der Waals surface area contributed by atoms with E-state index in [2.05, 4.69) is 14.5 Å². The molecule has 0 atom stereocenters. The van der Waals surface area contributed by atoms with Crippen molar-refractivity contribution in [2.24, 2.45) is 0 Å². The van der Waals surface area contributed by atoms with Gasteiger partial charge in [0.1, 0.15) is 5.69 Å². The maximum Gasteiger partial charge on any atom is 0.365 e. The minimum Gasteiger partial charge on any atom is -0.493 e. The van der Waals surface area contributed by atoms with Gasteiger partial charge < -0.3 is 19.1 Å². The Morgan fingerprint density at radius 3 is 2.68 bits per heavy atom. The summed E-state index contributed by atoms with van der Waals surface area (Å²) >= 11 is 1.12. The normalized spacial score (nSPS) is 12.4. The number of methoxy groups -OCH3 is 2. The summed E-state index contributed by atoms with van der Waals surface area (Å²) in [5.41, 5.74) is 3.84. The number of carbonyl (C=O) groups is 1. The number of nitrogens with zero attached hydrogens (tertiary/aromatic N) is 3. The van der Waals surface area contributed by atoms with E-state index in [0.29, 0.717) is 11.5 Å². The molecule has 0 saturated heterocycles. The van der Waals surface area contributed by atoms with E-state index in [-0.39, 0.29) is 5.01 Å². The first kappa shape index (κ1) is 15.6. The van der Waals surface area contributed by atoms with Gasteiger partial charge in [0.25, 0.3) is 0 Å². The molecule has 8 heteroatoms. The number of thiazole rings is 1. The number of aromatic nitrogens is 3. The monoisotopic (exact) mass is 357 g/mol. The number of aryl methyl sites for hydroxylation is 2. The number of rotatable bonds is 4. The molecule has 25 heavy (non-hydrogen) atoms. The zero-order valence-electron chi connectivity index (χ0n) is 13.6. The average molecular weight is 357 g/mol. The molecule has 0 radical (unpaired) electrons. The zero-order valence-corrected chi connectivity index (χ0v) is 14.5. The summed E-state index contributed by atoms with van der Waals surface area (Å²) in [6.07, 6.45) is 4.21. The zero-order chi connectivity index (χ0) is 17.6. The molecule has 2 aromatic heterocycles. The van der Waals surface area contributed by atoms with E-state index < -0.39 is 5.97 Å². The fourth-order valence-corrected chi connectivity index (χ4v) is 3.84. The van der Waals surface area contributed by atoms with Crippen molar-refractivity contribution in [3.63, 3.8) is 0 Å². The van der Waals surface area contributed by atoms with Gasteiger partial charge in [0.2, 0.25) is 5.01 Å². The largest absolute Gasteiger partial charge is 0.493 e. The minimum atomic E-state index is -1.03. The molecule has 0 fully saturated rings. The lowest BCUT2D eigenvalue weighted by Crippen LogP contribution is -2.10. The lowest BCUT2D eigenvalue weighted by molar-refractivity contribution is 0.0696. The van der Waals surface area contributed by atoms with Gasteiger partial charge in [0.15, 0.2) is 11.5 Å². The van der Waals surface area contributed by atoms with Gasteiger partial charge in [-0.1, -0.05) is 0 Å². The second-order valence-electron chi connectivity index (χ2n) is 5.58. The SMILES string of the molecule is COc1cc2c(cc1OC)-c1c(-c3cnc(C(=O)O)s3)ncn1CC2. The summed E-state index contributed by atoms with van der Waals surface area (Å²) in [6.45, 7) is 0.801. The molecular formula is C17H15N3O4S. The molecule has 0 spiro atoms. The highest BCUT2D eigenvalue weighted by atomic mass is 32.1. The van der Waals surface area contributed by atoms with Crippen molar-refractivity contribution in [1.29, 1.82) is 0 Å². The van der Waals surface area contributed by atoms with Crippen LogP contribution in [0, 0.1) is 0 Å². The van der Waals surface area contributed by atoms with Crippen LogP contribution >= 0.6 is 11.3 Å². The number of carboxylic acid groups (broad SMARTS) is 1. The van der Waals surface area contributed by atoms with Crippen molar-refractivity contribution in [3.8, 4) is 33.3 Å². The summed E-state index contributed by atoms with van der Waals surface area (Å²) in [6, 6.07) is 3.94. The third kappa shape index (κ3) is 2.45. The van der Waals surface area contributed by atoms with E-state index in [1.54, 1.807) is 26.7 Å². The molecule has 1 aliphatic heterocycles. The quantitative estimate of drug-likeness (QED) is 0.772. The first-order chi connectivity index (χ1) is 12.1. The Hall–Kier alpha value is -2.87. The fraction of sp³-hybridized carbons (Fsp3) is 0.235. The standard InChI is InChI=1S/C17H15N3O4S/c1-23-11-5-9-3-4-20-8-19-14(13-7-18-16(25-13)17(21)22)15(20)10(9)6-12(11)24-2/h5-8H,3-4H2,1-2H3,(H,21,22). The van der Waals surface area contributed by atoms with Gasteiger partial charge in [-0.25, -0.2) is 14.8 Å². The van der Waals surface area contributed by atoms with Gasteiger partial charge in [0.05, 0.1) is 31.1 Å². The number of imidazole rings is 1. The molecule has 1 aliphatic rings. The molecule has 1 N–H and O–H groups in total. The maximum atomic E-state index is 11.1. The highest BCUT2D eigenvalue weighted by molar-refractivity contribution is 7.16. The lowest BCUT2D eigenvalue weighted by Gasteiger charge is -2.21. The molecule has 3 aromatic rings. The van der Waals surface area contributed by atoms with Gasteiger partial charge >= 0.3 is 5.97 Å². The van der Waals surface area contributed by atoms with Gasteiger partial charge in [0, 0.05) is 18.3 Å². The van der Waals surface area contributed by atoms with Crippen LogP contribution in [0.2, 0.25) is 0 Å². The lowest BCUT2D eigenvalue weighted by atomic mass is 9.96. The van der Waals surface area contributed by atoms with Gasteiger partial charge in [-0.3, -0.25) is 0 Å². The number of fused-ring (bicyclic) bond motifs is 3. The fourth-order valence-electron chi connectivity index (χ4n) is 3.09. The van der Waals surface area contributed by atoms with E-state index in [4.69, 9.17) is 14.6 Å². The van der Waals surface area contributed by atoms with Gasteiger partial charge in [-0.15, -0.1) is 11.3 Å². The Balaban J connectivity index is 1.89. The first-order valence-corrected chi connectivity index (χ1v) is 8.44.